The summed E-state index contributed by atoms with van der Waals surface area (Å²) >= 11 is 10.6. The topological polar surface area (TPSA) is 9.23 Å². The van der Waals surface area contributed by atoms with E-state index in [9.17, 15) is 0 Å². The van der Waals surface area contributed by atoms with Crippen LogP contribution in [-0.4, -0.2) is 6.61 Å². The Morgan fingerprint density at radius 2 is 1.38 bits per heavy atom. The van der Waals surface area contributed by atoms with Gasteiger partial charge in [0, 0.05) is 5.33 Å². The number of hydrogen-bond acceptors (Lipinski definition) is 1. The molecule has 1 nitrogen and oxygen atoms in total. The lowest BCUT2D eigenvalue weighted by molar-refractivity contribution is 0.300. The molecule has 0 N–H and O–H groups in total. The summed E-state index contributed by atoms with van der Waals surface area (Å²) in [6.45, 7) is 3.05. The average molecular weight is 485 g/mol. The number of unbranched alkanes of at least 4 members (excludes halogenated alkanes) is 7. The molecule has 0 heterocycles. The Balaban J connectivity index is 2.18. The van der Waals surface area contributed by atoms with Crippen LogP contribution in [0.4, 0.5) is 0 Å². The van der Waals surface area contributed by atoms with E-state index in [2.05, 4.69) is 66.8 Å². The van der Waals surface area contributed by atoms with E-state index in [0.717, 1.165) is 33.1 Å². The van der Waals surface area contributed by atoms with Gasteiger partial charge in [-0.25, -0.2) is 0 Å². The quantitative estimate of drug-likeness (QED) is 0.232. The molecule has 0 atom stereocenters. The molecule has 1 rings (SSSR count). The molecule has 0 saturated carbocycles. The Morgan fingerprint density at radius 3 is 1.90 bits per heavy atom. The number of alkyl halides is 1. The van der Waals surface area contributed by atoms with Crippen molar-refractivity contribution in [2.45, 2.75) is 63.6 Å². The van der Waals surface area contributed by atoms with Crippen LogP contribution in [0.15, 0.2) is 21.1 Å². The van der Waals surface area contributed by atoms with Crippen molar-refractivity contribution in [1.82, 2.24) is 0 Å². The van der Waals surface area contributed by atoms with Crippen molar-refractivity contribution in [2.24, 2.45) is 0 Å². The SMILES string of the molecule is CCCCCCCCCCOc1c(Br)cc(CBr)cc1Br. The van der Waals surface area contributed by atoms with Crippen LogP contribution in [0.3, 0.4) is 0 Å². The third-order valence-corrected chi connectivity index (χ3v) is 5.28. The summed E-state index contributed by atoms with van der Waals surface area (Å²) in [5.74, 6) is 0.919. The molecule has 0 radical (unpaired) electrons. The van der Waals surface area contributed by atoms with E-state index < -0.39 is 0 Å². The molecule has 0 bridgehead atoms. The maximum atomic E-state index is 5.90. The van der Waals surface area contributed by atoms with Crippen molar-refractivity contribution in [1.29, 1.82) is 0 Å². The highest BCUT2D eigenvalue weighted by molar-refractivity contribution is 9.11. The van der Waals surface area contributed by atoms with Crippen LogP contribution < -0.4 is 4.74 Å². The standard InChI is InChI=1S/C17H25Br3O/c1-2-3-4-5-6-7-8-9-10-21-17-15(19)11-14(13-18)12-16(17)20/h11-12H,2-10,13H2,1H3. The Bertz CT molecular complexity index is 384. The van der Waals surface area contributed by atoms with E-state index in [4.69, 9.17) is 4.74 Å². The highest BCUT2D eigenvalue weighted by Gasteiger charge is 2.08. The summed E-state index contributed by atoms with van der Waals surface area (Å²) in [5, 5.41) is 0.850. The van der Waals surface area contributed by atoms with E-state index in [1.807, 2.05) is 0 Å². The van der Waals surface area contributed by atoms with Crippen LogP contribution >= 0.6 is 47.8 Å². The van der Waals surface area contributed by atoms with Gasteiger partial charge < -0.3 is 4.74 Å². The zero-order valence-electron chi connectivity index (χ0n) is 12.8. The molecule has 4 heteroatoms. The third kappa shape index (κ3) is 8.03. The van der Waals surface area contributed by atoms with Gasteiger partial charge in [0.25, 0.3) is 0 Å². The fourth-order valence-electron chi connectivity index (χ4n) is 2.24. The Labute approximate surface area is 154 Å². The van der Waals surface area contributed by atoms with Crippen molar-refractivity contribution in [3.8, 4) is 5.75 Å². The van der Waals surface area contributed by atoms with Gasteiger partial charge in [0.2, 0.25) is 0 Å². The number of hydrogen-bond donors (Lipinski definition) is 0. The van der Waals surface area contributed by atoms with E-state index >= 15 is 0 Å². The Kier molecular flexibility index (Phi) is 11.1. The highest BCUT2D eigenvalue weighted by Crippen LogP contribution is 2.35. The molecule has 0 unspecified atom stereocenters. The molecule has 0 amide bonds. The first-order chi connectivity index (χ1) is 10.2. The Hall–Kier alpha value is 0.460. The first kappa shape index (κ1) is 19.5. The van der Waals surface area contributed by atoms with Gasteiger partial charge in [0.1, 0.15) is 5.75 Å². The van der Waals surface area contributed by atoms with Gasteiger partial charge in [-0.1, -0.05) is 67.8 Å². The van der Waals surface area contributed by atoms with Crippen LogP contribution in [-0.2, 0) is 5.33 Å². The summed E-state index contributed by atoms with van der Waals surface area (Å²) in [6.07, 6.45) is 10.6. The van der Waals surface area contributed by atoms with Crippen LogP contribution in [0.1, 0.15) is 63.9 Å². The minimum Gasteiger partial charge on any atom is -0.491 e. The second kappa shape index (κ2) is 12.0. The van der Waals surface area contributed by atoms with Gasteiger partial charge in [0.05, 0.1) is 15.6 Å². The summed E-state index contributed by atoms with van der Waals surface area (Å²) in [6, 6.07) is 4.20. The predicted molar refractivity (Wildman–Crippen MR) is 103 cm³/mol. The second-order valence-corrected chi connectivity index (χ2v) is 7.61. The van der Waals surface area contributed by atoms with Gasteiger partial charge >= 0.3 is 0 Å². The maximum absolute atomic E-state index is 5.90. The molecule has 0 spiro atoms. The van der Waals surface area contributed by atoms with Gasteiger partial charge in [-0.05, 0) is 56.0 Å². The highest BCUT2D eigenvalue weighted by atomic mass is 79.9. The molecule has 120 valence electrons. The smallest absolute Gasteiger partial charge is 0.147 e. The lowest BCUT2D eigenvalue weighted by Crippen LogP contribution is -1.99. The fourth-order valence-corrected chi connectivity index (χ4v) is 4.07. The molecule has 0 fully saturated rings. The molecule has 0 aliphatic rings. The van der Waals surface area contributed by atoms with Crippen LogP contribution in [0.2, 0.25) is 0 Å². The van der Waals surface area contributed by atoms with Gasteiger partial charge in [-0.2, -0.15) is 0 Å². The first-order valence-corrected chi connectivity index (χ1v) is 10.6. The largest absolute Gasteiger partial charge is 0.491 e. The van der Waals surface area contributed by atoms with E-state index in [-0.39, 0.29) is 0 Å². The van der Waals surface area contributed by atoms with Crippen molar-refractivity contribution in [3.63, 3.8) is 0 Å². The van der Waals surface area contributed by atoms with Crippen molar-refractivity contribution >= 4 is 47.8 Å². The molecule has 0 aliphatic carbocycles. The number of ether oxygens (including phenoxy) is 1. The lowest BCUT2D eigenvalue weighted by atomic mass is 10.1. The summed E-state index contributed by atoms with van der Waals surface area (Å²) in [5.41, 5.74) is 1.23. The number of halogens is 3. The van der Waals surface area contributed by atoms with Crippen LogP contribution in [0.5, 0.6) is 5.75 Å². The van der Waals surface area contributed by atoms with Crippen molar-refractivity contribution in [3.05, 3.63) is 26.6 Å². The maximum Gasteiger partial charge on any atom is 0.147 e. The molecule has 0 saturated heterocycles. The molecule has 0 aromatic heterocycles. The molecule has 21 heavy (non-hydrogen) atoms. The van der Waals surface area contributed by atoms with Gasteiger partial charge in [0.15, 0.2) is 0 Å². The second-order valence-electron chi connectivity index (χ2n) is 5.35. The summed E-state index contributed by atoms with van der Waals surface area (Å²) < 4.78 is 7.94. The zero-order chi connectivity index (χ0) is 15.5. The molecule has 1 aromatic carbocycles. The lowest BCUT2D eigenvalue weighted by Gasteiger charge is -2.11. The molecule has 0 aliphatic heterocycles. The normalized spacial score (nSPS) is 10.9. The third-order valence-electron chi connectivity index (χ3n) is 3.46. The monoisotopic (exact) mass is 482 g/mol. The van der Waals surface area contributed by atoms with Gasteiger partial charge in [-0.15, -0.1) is 0 Å². The molecule has 1 aromatic rings. The minimum atomic E-state index is 0.791. The van der Waals surface area contributed by atoms with E-state index in [1.54, 1.807) is 0 Å². The van der Waals surface area contributed by atoms with Crippen molar-refractivity contribution in [2.75, 3.05) is 6.61 Å². The summed E-state index contributed by atoms with van der Waals surface area (Å²) in [4.78, 5) is 0. The predicted octanol–water partition coefficient (Wildman–Crippen LogP) is 7.63. The number of rotatable bonds is 11. The molecular formula is C17H25Br3O. The minimum absolute atomic E-state index is 0.791. The summed E-state index contributed by atoms with van der Waals surface area (Å²) in [7, 11) is 0. The first-order valence-electron chi connectivity index (χ1n) is 7.85. The van der Waals surface area contributed by atoms with E-state index in [0.29, 0.717) is 0 Å². The average Bonchev–Trinajstić information content (AvgIpc) is 2.47. The van der Waals surface area contributed by atoms with Crippen molar-refractivity contribution < 1.29 is 4.74 Å². The zero-order valence-corrected chi connectivity index (χ0v) is 17.5. The number of benzene rings is 1. The Morgan fingerprint density at radius 1 is 0.857 bits per heavy atom. The fraction of sp³-hybridized carbons (Fsp3) is 0.647. The van der Waals surface area contributed by atoms with Crippen LogP contribution in [0, 0.1) is 0 Å². The van der Waals surface area contributed by atoms with Crippen LogP contribution in [0.25, 0.3) is 0 Å². The van der Waals surface area contributed by atoms with Gasteiger partial charge in [-0.3, -0.25) is 0 Å². The van der Waals surface area contributed by atoms with E-state index in [1.165, 1.54) is 50.5 Å². The molecular weight excluding hydrogens is 460 g/mol.